The Kier molecular flexibility index (Phi) is 13.2. The predicted octanol–water partition coefficient (Wildman–Crippen LogP) is 7.25. The number of esters is 1. The van der Waals surface area contributed by atoms with E-state index in [1.165, 1.54) is 32.8 Å². The van der Waals surface area contributed by atoms with E-state index in [9.17, 15) is 9.59 Å². The molecule has 0 bridgehead atoms. The van der Waals surface area contributed by atoms with Crippen molar-refractivity contribution >= 4 is 22.1 Å². The van der Waals surface area contributed by atoms with Crippen LogP contribution in [0.3, 0.4) is 0 Å². The van der Waals surface area contributed by atoms with Gasteiger partial charge in [0.15, 0.2) is 0 Å². The number of carbonyl (C=O) groups excluding carboxylic acids is 2. The van der Waals surface area contributed by atoms with E-state index in [1.807, 2.05) is 0 Å². The van der Waals surface area contributed by atoms with Gasteiger partial charge in [-0.25, -0.2) is 0 Å². The first kappa shape index (κ1) is 29.2. The van der Waals surface area contributed by atoms with Gasteiger partial charge in [0.05, 0.1) is 13.2 Å². The van der Waals surface area contributed by atoms with Gasteiger partial charge in [-0.1, -0.05) is 71.4 Å². The van der Waals surface area contributed by atoms with Crippen LogP contribution in [0.15, 0.2) is 12.2 Å². The molecule has 0 aromatic carbocycles. The van der Waals surface area contributed by atoms with Crippen LogP contribution in [0.4, 0.5) is 0 Å². The van der Waals surface area contributed by atoms with E-state index in [4.69, 9.17) is 8.92 Å². The molecule has 1 aliphatic carbocycles. The van der Waals surface area contributed by atoms with Crippen molar-refractivity contribution in [2.45, 2.75) is 104 Å². The monoisotopic (exact) mass is 470 g/mol. The van der Waals surface area contributed by atoms with Crippen LogP contribution in [-0.2, 0) is 18.5 Å². The number of Topliss-reactive ketones (excluding diaryl/α,β-unsaturated/α-hetero) is 1. The van der Waals surface area contributed by atoms with Gasteiger partial charge in [-0.3, -0.25) is 9.59 Å². The molecule has 0 heterocycles. The molecule has 5 heteroatoms. The lowest BCUT2D eigenvalue weighted by Crippen LogP contribution is -2.23. The Bertz CT molecular complexity index is 595. The van der Waals surface area contributed by atoms with Gasteiger partial charge >= 0.3 is 5.97 Å². The Labute approximate surface area is 199 Å². The van der Waals surface area contributed by atoms with E-state index in [1.54, 1.807) is 0 Å². The van der Waals surface area contributed by atoms with Crippen LogP contribution in [0.5, 0.6) is 0 Å². The smallest absolute Gasteiger partial charge is 0.305 e. The second-order valence-corrected chi connectivity index (χ2v) is 14.3. The van der Waals surface area contributed by atoms with Crippen LogP contribution < -0.4 is 0 Å². The number of ketones is 1. The van der Waals surface area contributed by atoms with E-state index in [-0.39, 0.29) is 23.9 Å². The van der Waals surface area contributed by atoms with Crippen molar-refractivity contribution < 1.29 is 18.5 Å². The molecule has 0 saturated heterocycles. The molecule has 1 saturated carbocycles. The summed E-state index contributed by atoms with van der Waals surface area (Å²) in [4.78, 5) is 24.2. The second kappa shape index (κ2) is 14.5. The summed E-state index contributed by atoms with van der Waals surface area (Å²) in [7, 11) is 0.306. The minimum absolute atomic E-state index is 0.0154. The zero-order valence-corrected chi connectivity index (χ0v) is 22.7. The molecule has 188 valence electrons. The first-order valence-electron chi connectivity index (χ1n) is 12.7. The molecule has 0 spiro atoms. The van der Waals surface area contributed by atoms with Gasteiger partial charge in [-0.05, 0) is 49.9 Å². The summed E-state index contributed by atoms with van der Waals surface area (Å²) in [6.45, 7) is 6.94. The average molecular weight is 471 g/mol. The zero-order valence-electron chi connectivity index (χ0n) is 21.9. The number of hydrogen-bond acceptors (Lipinski definition) is 4. The molecule has 0 aromatic rings. The van der Waals surface area contributed by atoms with Crippen molar-refractivity contribution in [3.8, 4) is 0 Å². The Morgan fingerprint density at radius 3 is 2.41 bits per heavy atom. The van der Waals surface area contributed by atoms with Crippen LogP contribution in [0.25, 0.3) is 0 Å². The molecule has 0 aromatic heterocycles. The summed E-state index contributed by atoms with van der Waals surface area (Å²) in [6.07, 6.45) is 23.1. The lowest BCUT2D eigenvalue weighted by Gasteiger charge is -2.32. The van der Waals surface area contributed by atoms with E-state index >= 15 is 0 Å². The highest BCUT2D eigenvalue weighted by atomic mass is 32.3. The summed E-state index contributed by atoms with van der Waals surface area (Å²) in [5.74, 6) is 0.495. The molecule has 1 rings (SSSR count). The van der Waals surface area contributed by atoms with E-state index < -0.39 is 10.3 Å². The highest BCUT2D eigenvalue weighted by Gasteiger charge is 2.42. The van der Waals surface area contributed by atoms with Crippen molar-refractivity contribution in [1.29, 1.82) is 0 Å². The summed E-state index contributed by atoms with van der Waals surface area (Å²) >= 11 is 0. The molecule has 2 unspecified atom stereocenters. The number of carbonyl (C=O) groups is 2. The van der Waals surface area contributed by atoms with Gasteiger partial charge in [0.2, 0.25) is 0 Å². The van der Waals surface area contributed by atoms with Gasteiger partial charge in [0.25, 0.3) is 0 Å². The van der Waals surface area contributed by atoms with E-state index in [0.29, 0.717) is 24.0 Å². The summed E-state index contributed by atoms with van der Waals surface area (Å²) in [5.41, 5.74) is 0.343. The SMILES string of the molecule is CCCCC(C)(CC)C/C=C/C1[C@H](OS(C)(C)C)CC(=O)[C@@H]1CCCCCCC(=O)OC. The molecule has 32 heavy (non-hydrogen) atoms. The van der Waals surface area contributed by atoms with Gasteiger partial charge < -0.3 is 8.92 Å². The molecule has 0 radical (unpaired) electrons. The third kappa shape index (κ3) is 10.9. The van der Waals surface area contributed by atoms with Gasteiger partial charge in [-0.2, -0.15) is 0 Å². The Balaban J connectivity index is 2.74. The van der Waals surface area contributed by atoms with E-state index in [2.05, 4.69) is 51.7 Å². The highest BCUT2D eigenvalue weighted by Crippen LogP contribution is 2.46. The largest absolute Gasteiger partial charge is 0.469 e. The topological polar surface area (TPSA) is 52.6 Å². The Morgan fingerprint density at radius 1 is 1.12 bits per heavy atom. The summed E-state index contributed by atoms with van der Waals surface area (Å²) in [5, 5.41) is 0. The van der Waals surface area contributed by atoms with Crippen molar-refractivity contribution in [1.82, 2.24) is 0 Å². The fraction of sp³-hybridized carbons (Fsp3) is 0.852. The van der Waals surface area contributed by atoms with Crippen molar-refractivity contribution in [3.63, 3.8) is 0 Å². The third-order valence-electron chi connectivity index (χ3n) is 6.95. The number of allylic oxidation sites excluding steroid dienone is 1. The van der Waals surface area contributed by atoms with Gasteiger partial charge in [-0.15, -0.1) is 10.3 Å². The van der Waals surface area contributed by atoms with Crippen LogP contribution in [0.1, 0.15) is 97.8 Å². The van der Waals surface area contributed by atoms with Crippen LogP contribution in [0.2, 0.25) is 0 Å². The molecule has 0 aliphatic heterocycles. The number of ether oxygens (including phenoxy) is 1. The first-order chi connectivity index (χ1) is 15.0. The Morgan fingerprint density at radius 2 is 1.81 bits per heavy atom. The maximum absolute atomic E-state index is 12.9. The average Bonchev–Trinajstić information content (AvgIpc) is 3.01. The first-order valence-corrected chi connectivity index (χ1v) is 15.5. The van der Waals surface area contributed by atoms with Crippen LogP contribution in [-0.4, -0.2) is 43.7 Å². The molecule has 1 fully saturated rings. The maximum atomic E-state index is 12.9. The fourth-order valence-corrected chi connectivity index (χ4v) is 5.60. The molecule has 4 atom stereocenters. The van der Waals surface area contributed by atoms with Crippen molar-refractivity contribution in [3.05, 3.63) is 12.2 Å². The molecule has 0 N–H and O–H groups in total. The molecule has 1 aliphatic rings. The minimum Gasteiger partial charge on any atom is -0.469 e. The van der Waals surface area contributed by atoms with Crippen molar-refractivity contribution in [2.24, 2.45) is 17.3 Å². The fourth-order valence-electron chi connectivity index (χ4n) is 4.67. The number of methoxy groups -OCH3 is 1. The lowest BCUT2D eigenvalue weighted by molar-refractivity contribution is -0.140. The second-order valence-electron chi connectivity index (χ2n) is 10.6. The maximum Gasteiger partial charge on any atom is 0.305 e. The molecular formula is C27H50O4S. The zero-order chi connectivity index (χ0) is 24.2. The van der Waals surface area contributed by atoms with Crippen LogP contribution in [0, 0.1) is 17.3 Å². The third-order valence-corrected chi connectivity index (χ3v) is 7.78. The van der Waals surface area contributed by atoms with E-state index in [0.717, 1.165) is 38.5 Å². The minimum atomic E-state index is -1.13. The molecule has 4 nitrogen and oxygen atoms in total. The Hall–Kier alpha value is -0.810. The number of hydrogen-bond donors (Lipinski definition) is 0. The number of unbranched alkanes of at least 4 members (excludes halogenated alkanes) is 4. The predicted molar refractivity (Wildman–Crippen MR) is 138 cm³/mol. The summed E-state index contributed by atoms with van der Waals surface area (Å²) < 4.78 is 11.1. The molecule has 0 amide bonds. The van der Waals surface area contributed by atoms with Crippen LogP contribution >= 0.6 is 10.3 Å². The normalized spacial score (nSPS) is 24.1. The molecular weight excluding hydrogens is 420 g/mol. The highest BCUT2D eigenvalue weighted by molar-refractivity contribution is 8.28. The number of rotatable bonds is 16. The summed E-state index contributed by atoms with van der Waals surface area (Å²) in [6, 6.07) is 0. The van der Waals surface area contributed by atoms with Crippen molar-refractivity contribution in [2.75, 3.05) is 25.9 Å². The lowest BCUT2D eigenvalue weighted by atomic mass is 9.78. The quantitative estimate of drug-likeness (QED) is 0.135. The van der Waals surface area contributed by atoms with Gasteiger partial charge in [0.1, 0.15) is 5.78 Å². The standard InChI is InChI=1S/C27H50O4S/c1-8-10-19-27(3,9-2)20-15-17-23-22(16-13-11-12-14-18-26(29)30-4)24(28)21-25(23)31-32(5,6)7/h15,17,22-23,25H,8-14,16,18-21H2,1-7H3/b17-15+/t22-,23?,25-,27?/m1/s1. The van der Waals surface area contributed by atoms with Gasteiger partial charge in [0, 0.05) is 24.7 Å².